The summed E-state index contributed by atoms with van der Waals surface area (Å²) >= 11 is 0. The van der Waals surface area contributed by atoms with E-state index in [1.165, 1.54) is 30.5 Å². The van der Waals surface area contributed by atoms with Crippen LogP contribution >= 0.6 is 0 Å². The van der Waals surface area contributed by atoms with Crippen LogP contribution in [0.2, 0.25) is 0 Å². The monoisotopic (exact) mass is 887 g/mol. The van der Waals surface area contributed by atoms with E-state index in [1.54, 1.807) is 0 Å². The number of H-pyrrole nitrogens is 2. The predicted molar refractivity (Wildman–Crippen MR) is 198 cm³/mol. The molecule has 63 heavy (non-hydrogen) atoms. The van der Waals surface area contributed by atoms with Gasteiger partial charge in [-0.05, 0) is 60.7 Å². The molecule has 0 saturated carbocycles. The number of rotatable bonds is 5. The van der Waals surface area contributed by atoms with Gasteiger partial charge in [0.15, 0.2) is 69.8 Å². The zero-order valence-electron chi connectivity index (χ0n) is 30.6. The zero-order valence-corrected chi connectivity index (χ0v) is 30.6. The number of halogens is 15. The van der Waals surface area contributed by atoms with Crippen molar-refractivity contribution in [2.24, 2.45) is 0 Å². The second kappa shape index (κ2) is 14.8. The van der Waals surface area contributed by atoms with E-state index in [4.69, 9.17) is 0 Å². The van der Waals surface area contributed by atoms with Gasteiger partial charge in [0.1, 0.15) is 0 Å². The van der Waals surface area contributed by atoms with Crippen molar-refractivity contribution >= 4 is 45.3 Å². The molecule has 5 nitrogen and oxygen atoms in total. The lowest BCUT2D eigenvalue weighted by atomic mass is 10.0. The molecule has 0 saturated heterocycles. The number of fused-ring (bicyclic) bond motifs is 9. The molecule has 0 atom stereocenters. The normalized spacial score (nSPS) is 12.0. The molecule has 0 amide bonds. The molecule has 1 aliphatic heterocycles. The molecule has 8 aromatic rings. The summed E-state index contributed by atoms with van der Waals surface area (Å²) in [6.07, 6.45) is 3.41. The van der Waals surface area contributed by atoms with Crippen molar-refractivity contribution in [3.05, 3.63) is 165 Å². The lowest BCUT2D eigenvalue weighted by Gasteiger charge is -2.15. The molecule has 5 aromatic heterocycles. The summed E-state index contributed by atoms with van der Waals surface area (Å²) < 4.78 is 230. The Morgan fingerprint density at radius 1 is 0.365 bits per heavy atom. The second-order valence-corrected chi connectivity index (χ2v) is 13.8. The Hall–Kier alpha value is -7.51. The lowest BCUT2D eigenvalue weighted by Crippen LogP contribution is -2.08. The molecule has 0 spiro atoms. The van der Waals surface area contributed by atoms with Crippen molar-refractivity contribution in [1.82, 2.24) is 24.5 Å². The Balaban J connectivity index is 1.60. The number of hydrogen-bond donors (Lipinski definition) is 2. The Morgan fingerprint density at radius 3 is 1.16 bits per heavy atom. The fourth-order valence-corrected chi connectivity index (χ4v) is 7.43. The van der Waals surface area contributed by atoms with Gasteiger partial charge in [-0.25, -0.2) is 70.8 Å². The van der Waals surface area contributed by atoms with Crippen LogP contribution < -0.4 is 0 Å². The summed E-state index contributed by atoms with van der Waals surface area (Å²) in [6, 6.07) is 10.1. The smallest absolute Gasteiger partial charge is 0.200 e. The highest BCUT2D eigenvalue weighted by Gasteiger charge is 2.33. The van der Waals surface area contributed by atoms with Crippen LogP contribution in [0.4, 0.5) is 65.9 Å². The average Bonchev–Trinajstić information content (AvgIpc) is 4.13. The average molecular weight is 888 g/mol. The Bertz CT molecular complexity index is 3360. The number of nitrogens with one attached hydrogen (secondary N) is 2. The van der Waals surface area contributed by atoms with Gasteiger partial charge in [-0.1, -0.05) is 6.07 Å². The molecular formula is C43H16F15N5. The van der Waals surface area contributed by atoms with Crippen LogP contribution in [-0.4, -0.2) is 24.5 Å². The van der Waals surface area contributed by atoms with Crippen molar-refractivity contribution in [3.8, 4) is 33.4 Å². The molecule has 0 unspecified atom stereocenters. The number of pyridine rings is 1. The summed E-state index contributed by atoms with van der Waals surface area (Å²) in [7, 11) is 0. The number of aromatic amines is 2. The fourth-order valence-electron chi connectivity index (χ4n) is 7.43. The van der Waals surface area contributed by atoms with E-state index in [-0.39, 0.29) is 16.9 Å². The number of benzene rings is 3. The summed E-state index contributed by atoms with van der Waals surface area (Å²) in [6.45, 7) is -0.646. The highest BCUT2D eigenvalue weighted by molar-refractivity contribution is 6.01. The minimum Gasteiger partial charge on any atom is -0.354 e. The first-order valence-corrected chi connectivity index (χ1v) is 17.8. The molecule has 20 heteroatoms. The maximum absolute atomic E-state index is 16.1. The number of aromatic nitrogens is 5. The van der Waals surface area contributed by atoms with Gasteiger partial charge in [0.25, 0.3) is 0 Å². The quantitative estimate of drug-likeness (QED) is 0.103. The van der Waals surface area contributed by atoms with Gasteiger partial charge >= 0.3 is 0 Å². The molecule has 6 heterocycles. The summed E-state index contributed by atoms with van der Waals surface area (Å²) in [5, 5.41) is 0. The topological polar surface area (TPSA) is 62.3 Å². The van der Waals surface area contributed by atoms with E-state index in [0.717, 1.165) is 47.1 Å². The maximum Gasteiger partial charge on any atom is 0.200 e. The molecule has 3 aromatic carbocycles. The number of hydrogen-bond acceptors (Lipinski definition) is 2. The number of nitrogens with zero attached hydrogens (tertiary/aromatic N) is 3. The Labute approximate surface area is 340 Å². The Morgan fingerprint density at radius 2 is 0.730 bits per heavy atom. The minimum absolute atomic E-state index is 0.0251. The van der Waals surface area contributed by atoms with Crippen molar-refractivity contribution in [2.45, 2.75) is 6.54 Å². The fraction of sp³-hybridized carbons (Fsp3) is 0.0233. The summed E-state index contributed by atoms with van der Waals surface area (Å²) in [5.74, 6) is -36.6. The van der Waals surface area contributed by atoms with Gasteiger partial charge in [0.2, 0.25) is 17.5 Å². The van der Waals surface area contributed by atoms with E-state index < -0.39 is 160 Å². The van der Waals surface area contributed by atoms with Crippen LogP contribution in [-0.2, 0) is 6.54 Å². The van der Waals surface area contributed by atoms with Gasteiger partial charge in [-0.3, -0.25) is 4.98 Å². The van der Waals surface area contributed by atoms with Gasteiger partial charge in [0.05, 0.1) is 56.9 Å². The van der Waals surface area contributed by atoms with Crippen LogP contribution in [0.25, 0.3) is 78.6 Å². The highest BCUT2D eigenvalue weighted by atomic mass is 19.2. The Kier molecular flexibility index (Phi) is 9.63. The van der Waals surface area contributed by atoms with Gasteiger partial charge < -0.3 is 14.5 Å². The van der Waals surface area contributed by atoms with Crippen LogP contribution in [0, 0.1) is 87.3 Å². The minimum atomic E-state index is -2.60. The third-order valence-corrected chi connectivity index (χ3v) is 10.3. The second-order valence-electron chi connectivity index (χ2n) is 13.8. The van der Waals surface area contributed by atoms with E-state index in [0.29, 0.717) is 0 Å². The molecule has 8 bridgehead atoms. The van der Waals surface area contributed by atoms with Crippen LogP contribution in [0.5, 0.6) is 0 Å². The van der Waals surface area contributed by atoms with E-state index in [1.807, 2.05) is 0 Å². The molecule has 0 aliphatic carbocycles. The summed E-state index contributed by atoms with van der Waals surface area (Å²) in [4.78, 5) is 13.6. The van der Waals surface area contributed by atoms with E-state index in [9.17, 15) is 22.0 Å². The van der Waals surface area contributed by atoms with Crippen molar-refractivity contribution in [1.29, 1.82) is 0 Å². The third kappa shape index (κ3) is 6.13. The van der Waals surface area contributed by atoms with E-state index in [2.05, 4.69) is 19.9 Å². The molecule has 2 N–H and O–H groups in total. The van der Waals surface area contributed by atoms with Gasteiger partial charge in [-0.15, -0.1) is 0 Å². The standard InChI is InChI=1S/C43H16F15N5/c44-29-26(30(45)36(51)41(56)35(29)50)23-17-6-4-15(60-17)16-5-7-19(61-16)24(27-31(46)37(52)42(57)38(53)32(27)47)21-10-11-22(63(21)13-14-3-1-2-12-59-14)25(20-9-8-18(23)62-20)28-33(48)39(54)43(58)40(55)34(28)49/h1-12,61-62H,13H2. The van der Waals surface area contributed by atoms with Crippen molar-refractivity contribution in [2.75, 3.05) is 0 Å². The molecule has 1 aliphatic rings. The molecule has 0 fully saturated rings. The molecule has 318 valence electrons. The zero-order chi connectivity index (χ0) is 44.9. The SMILES string of the molecule is Fc1c(F)c(F)c(-c2c3nc(c4ccc([nH]4)c(-c4c(F)c(F)c(F)c(F)c4F)c4ccc(c(-c5c(F)c(F)c(F)c(F)c5F)c5ccc2[nH]5)n4Cc2ccccn2)C=C3)c(F)c1F. The predicted octanol–water partition coefficient (Wildman–Crippen LogP) is 12.7. The maximum atomic E-state index is 16.1. The van der Waals surface area contributed by atoms with Crippen molar-refractivity contribution < 1.29 is 65.9 Å². The first-order valence-electron chi connectivity index (χ1n) is 17.8. The first kappa shape index (κ1) is 40.9. The summed E-state index contributed by atoms with van der Waals surface area (Å²) in [5.41, 5.74) is -11.4. The van der Waals surface area contributed by atoms with Crippen molar-refractivity contribution in [3.63, 3.8) is 0 Å². The molecule has 9 rings (SSSR count). The first-order chi connectivity index (χ1) is 30.0. The van der Waals surface area contributed by atoms with Crippen LogP contribution in [0.15, 0.2) is 60.8 Å². The van der Waals surface area contributed by atoms with Gasteiger partial charge in [-0.2, -0.15) is 0 Å². The molecular weight excluding hydrogens is 871 g/mol. The lowest BCUT2D eigenvalue weighted by molar-refractivity contribution is 0.381. The third-order valence-electron chi connectivity index (χ3n) is 10.3. The van der Waals surface area contributed by atoms with Crippen LogP contribution in [0.3, 0.4) is 0 Å². The van der Waals surface area contributed by atoms with Gasteiger partial charge in [0, 0.05) is 39.4 Å². The largest absolute Gasteiger partial charge is 0.354 e. The van der Waals surface area contributed by atoms with E-state index >= 15 is 43.9 Å². The molecule has 0 radical (unpaired) electrons. The van der Waals surface area contributed by atoms with Crippen LogP contribution in [0.1, 0.15) is 17.1 Å². The highest BCUT2D eigenvalue weighted by Crippen LogP contribution is 2.43.